The Morgan fingerprint density at radius 2 is 2.00 bits per heavy atom. The molecule has 6 atom stereocenters. The Balaban J connectivity index is 1.58. The number of esters is 1. The van der Waals surface area contributed by atoms with Crippen LogP contribution in [0.3, 0.4) is 0 Å². The third-order valence-corrected chi connectivity index (χ3v) is 7.74. The van der Waals surface area contributed by atoms with Crippen molar-refractivity contribution in [1.82, 2.24) is 4.98 Å². The SMILES string of the molecule is CC[C@H]1[C@H](/C=C/c2ccc(-c3cccc(Cl)c3Cl)cn2)[C@@H]2[C@@H](C)OC(=O)[C@@H]2C[C@@H]1C. The van der Waals surface area contributed by atoms with Gasteiger partial charge in [-0.15, -0.1) is 0 Å². The van der Waals surface area contributed by atoms with E-state index in [1.54, 1.807) is 6.07 Å². The summed E-state index contributed by atoms with van der Waals surface area (Å²) < 4.78 is 5.61. The number of fused-ring (bicyclic) bond motifs is 1. The second kappa shape index (κ2) is 8.72. The molecule has 0 unspecified atom stereocenters. The number of ether oxygens (including phenoxy) is 1. The van der Waals surface area contributed by atoms with Gasteiger partial charge in [0, 0.05) is 23.2 Å². The summed E-state index contributed by atoms with van der Waals surface area (Å²) in [5.74, 6) is 1.61. The Hall–Kier alpha value is -1.84. The summed E-state index contributed by atoms with van der Waals surface area (Å²) >= 11 is 12.5. The van der Waals surface area contributed by atoms with Crippen LogP contribution in [0.2, 0.25) is 10.0 Å². The van der Waals surface area contributed by atoms with Gasteiger partial charge in [-0.05, 0) is 49.3 Å². The molecule has 1 aliphatic carbocycles. The normalized spacial score (nSPS) is 31.0. The quantitative estimate of drug-likeness (QED) is 0.480. The number of allylic oxidation sites excluding steroid dienone is 1. The highest BCUT2D eigenvalue weighted by Gasteiger charge is 2.52. The molecule has 1 aromatic heterocycles. The molecule has 1 aliphatic heterocycles. The van der Waals surface area contributed by atoms with Gasteiger partial charge < -0.3 is 4.74 Å². The number of pyridine rings is 1. The van der Waals surface area contributed by atoms with E-state index in [1.165, 1.54) is 0 Å². The Morgan fingerprint density at radius 1 is 1.20 bits per heavy atom. The van der Waals surface area contributed by atoms with E-state index >= 15 is 0 Å². The lowest BCUT2D eigenvalue weighted by atomic mass is 9.61. The van der Waals surface area contributed by atoms with Gasteiger partial charge in [-0.1, -0.05) is 67.7 Å². The van der Waals surface area contributed by atoms with E-state index in [0.717, 1.165) is 29.7 Å². The first-order chi connectivity index (χ1) is 14.4. The molecule has 0 spiro atoms. The van der Waals surface area contributed by atoms with Crippen LogP contribution in [0, 0.1) is 29.6 Å². The van der Waals surface area contributed by atoms with Gasteiger partial charge in [0.15, 0.2) is 0 Å². The minimum atomic E-state index is -0.0287. The van der Waals surface area contributed by atoms with Crippen molar-refractivity contribution in [2.45, 2.75) is 39.7 Å². The van der Waals surface area contributed by atoms with Crippen LogP contribution in [0.4, 0.5) is 0 Å². The minimum Gasteiger partial charge on any atom is -0.462 e. The molecule has 0 bridgehead atoms. The molecule has 1 aromatic carbocycles. The zero-order valence-corrected chi connectivity index (χ0v) is 19.0. The molecule has 2 fully saturated rings. The highest BCUT2D eigenvalue weighted by atomic mass is 35.5. The van der Waals surface area contributed by atoms with Gasteiger partial charge in [0.05, 0.1) is 21.7 Å². The number of carbonyl (C=O) groups excluding carboxylic acids is 1. The fourth-order valence-electron chi connectivity index (χ4n) is 5.45. The highest BCUT2D eigenvalue weighted by Crippen LogP contribution is 2.50. The number of rotatable bonds is 4. The molecule has 1 saturated heterocycles. The Labute approximate surface area is 188 Å². The van der Waals surface area contributed by atoms with Crippen LogP contribution in [0.5, 0.6) is 0 Å². The molecule has 30 heavy (non-hydrogen) atoms. The van der Waals surface area contributed by atoms with Crippen LogP contribution in [0.15, 0.2) is 42.6 Å². The van der Waals surface area contributed by atoms with Gasteiger partial charge in [-0.25, -0.2) is 0 Å². The fourth-order valence-corrected chi connectivity index (χ4v) is 5.86. The van der Waals surface area contributed by atoms with E-state index < -0.39 is 0 Å². The smallest absolute Gasteiger partial charge is 0.309 e. The van der Waals surface area contributed by atoms with Gasteiger partial charge in [0.2, 0.25) is 0 Å². The number of hydrogen-bond acceptors (Lipinski definition) is 3. The molecular formula is C25H27Cl2NO2. The van der Waals surface area contributed by atoms with E-state index in [1.807, 2.05) is 37.4 Å². The Morgan fingerprint density at radius 3 is 2.70 bits per heavy atom. The predicted molar refractivity (Wildman–Crippen MR) is 122 cm³/mol. The zero-order chi connectivity index (χ0) is 21.4. The van der Waals surface area contributed by atoms with E-state index in [0.29, 0.717) is 27.8 Å². The summed E-state index contributed by atoms with van der Waals surface area (Å²) in [7, 11) is 0. The molecule has 2 aliphatic rings. The lowest BCUT2D eigenvalue weighted by molar-refractivity contribution is -0.144. The van der Waals surface area contributed by atoms with Crippen LogP contribution < -0.4 is 0 Å². The minimum absolute atomic E-state index is 0.0202. The first-order valence-electron chi connectivity index (χ1n) is 10.7. The van der Waals surface area contributed by atoms with Gasteiger partial charge in [-0.2, -0.15) is 0 Å². The van der Waals surface area contributed by atoms with Crippen molar-refractivity contribution in [3.8, 4) is 11.1 Å². The molecule has 0 amide bonds. The maximum Gasteiger partial charge on any atom is 0.309 e. The first kappa shape index (κ1) is 21.4. The third-order valence-electron chi connectivity index (χ3n) is 6.92. The van der Waals surface area contributed by atoms with Crippen LogP contribution in [0.1, 0.15) is 39.3 Å². The molecule has 1 saturated carbocycles. The van der Waals surface area contributed by atoms with Crippen LogP contribution >= 0.6 is 23.2 Å². The van der Waals surface area contributed by atoms with Crippen LogP contribution in [-0.4, -0.2) is 17.1 Å². The standard InChI is InChI=1S/C25H27Cl2NO2/c1-4-18-14(2)12-21-23(15(3)30-25(21)29)20(18)11-10-17-9-8-16(13-28-17)19-6-5-7-22(26)24(19)27/h5-11,13-15,18,20-21,23H,4,12H2,1-3H3/b11-10+/t14-,15+,18+,20-,21+,23-/m0/s1. The summed E-state index contributed by atoms with van der Waals surface area (Å²) in [6.07, 6.45) is 8.17. The van der Waals surface area contributed by atoms with Crippen LogP contribution in [0.25, 0.3) is 17.2 Å². The summed E-state index contributed by atoms with van der Waals surface area (Å²) in [4.78, 5) is 16.9. The summed E-state index contributed by atoms with van der Waals surface area (Å²) in [5.41, 5.74) is 2.69. The molecule has 5 heteroatoms. The number of nitrogens with zero attached hydrogens (tertiary/aromatic N) is 1. The lowest BCUT2D eigenvalue weighted by Crippen LogP contribution is -2.40. The molecular weight excluding hydrogens is 417 g/mol. The molecule has 0 N–H and O–H groups in total. The van der Waals surface area contributed by atoms with Crippen LogP contribution in [-0.2, 0) is 9.53 Å². The topological polar surface area (TPSA) is 39.2 Å². The van der Waals surface area contributed by atoms with Crippen molar-refractivity contribution >= 4 is 35.2 Å². The lowest BCUT2D eigenvalue weighted by Gasteiger charge is -2.41. The highest BCUT2D eigenvalue weighted by molar-refractivity contribution is 6.43. The monoisotopic (exact) mass is 443 g/mol. The number of halogens is 2. The van der Waals surface area contributed by atoms with E-state index in [2.05, 4.69) is 31.0 Å². The molecule has 2 heterocycles. The summed E-state index contributed by atoms with van der Waals surface area (Å²) in [5, 5.41) is 1.07. The molecule has 0 radical (unpaired) electrons. The number of benzene rings is 1. The third kappa shape index (κ3) is 3.90. The number of cyclic esters (lactones) is 1. The molecule has 158 valence electrons. The van der Waals surface area contributed by atoms with E-state index in [4.69, 9.17) is 27.9 Å². The largest absolute Gasteiger partial charge is 0.462 e. The average molecular weight is 444 g/mol. The Bertz CT molecular complexity index is 956. The fraction of sp³-hybridized carbons (Fsp3) is 0.440. The van der Waals surface area contributed by atoms with Crippen molar-refractivity contribution in [3.63, 3.8) is 0 Å². The second-order valence-electron chi connectivity index (χ2n) is 8.62. The predicted octanol–water partition coefficient (Wildman–Crippen LogP) is 6.93. The number of aromatic nitrogens is 1. The van der Waals surface area contributed by atoms with Gasteiger partial charge in [0.1, 0.15) is 6.10 Å². The number of hydrogen-bond donors (Lipinski definition) is 0. The van der Waals surface area contributed by atoms with Gasteiger partial charge in [-0.3, -0.25) is 9.78 Å². The van der Waals surface area contributed by atoms with Crippen molar-refractivity contribution in [2.75, 3.05) is 0 Å². The van der Waals surface area contributed by atoms with E-state index in [9.17, 15) is 4.79 Å². The van der Waals surface area contributed by atoms with Gasteiger partial charge in [0.25, 0.3) is 0 Å². The molecule has 3 nitrogen and oxygen atoms in total. The average Bonchev–Trinajstić information content (AvgIpc) is 3.01. The maximum atomic E-state index is 12.3. The summed E-state index contributed by atoms with van der Waals surface area (Å²) in [6.45, 7) is 6.55. The second-order valence-corrected chi connectivity index (χ2v) is 9.41. The van der Waals surface area contributed by atoms with Crippen molar-refractivity contribution in [1.29, 1.82) is 0 Å². The number of carbonyl (C=O) groups is 1. The van der Waals surface area contributed by atoms with Gasteiger partial charge >= 0.3 is 5.97 Å². The van der Waals surface area contributed by atoms with E-state index in [-0.39, 0.29) is 23.9 Å². The maximum absolute atomic E-state index is 12.3. The van der Waals surface area contributed by atoms with Crippen molar-refractivity contribution in [2.24, 2.45) is 29.6 Å². The first-order valence-corrected chi connectivity index (χ1v) is 11.5. The zero-order valence-electron chi connectivity index (χ0n) is 17.5. The summed E-state index contributed by atoms with van der Waals surface area (Å²) in [6, 6.07) is 9.61. The van der Waals surface area contributed by atoms with Crippen molar-refractivity contribution in [3.05, 3.63) is 58.3 Å². The molecule has 2 aromatic rings. The Kier molecular flexibility index (Phi) is 6.22. The molecule has 4 rings (SSSR count). The van der Waals surface area contributed by atoms with Crippen molar-refractivity contribution < 1.29 is 9.53 Å².